The number of hydrazine groups is 1. The summed E-state index contributed by atoms with van der Waals surface area (Å²) in [6.45, 7) is 2.49. The molecule has 3 rings (SSSR count). The van der Waals surface area contributed by atoms with E-state index in [-0.39, 0.29) is 18.9 Å². The van der Waals surface area contributed by atoms with Crippen LogP contribution < -0.4 is 15.6 Å². The topological polar surface area (TPSA) is 87.7 Å². The Morgan fingerprint density at radius 2 is 1.93 bits per heavy atom. The number of ether oxygens (including phenoxy) is 1. The molecule has 0 aromatic heterocycles. The highest BCUT2D eigenvalue weighted by Gasteiger charge is 2.34. The molecule has 29 heavy (non-hydrogen) atoms. The second-order valence-corrected chi connectivity index (χ2v) is 7.78. The Morgan fingerprint density at radius 1 is 1.17 bits per heavy atom. The first-order chi connectivity index (χ1) is 13.9. The minimum absolute atomic E-state index is 0.0760. The van der Waals surface area contributed by atoms with Crippen molar-refractivity contribution < 1.29 is 19.1 Å². The Morgan fingerprint density at radius 3 is 2.66 bits per heavy atom. The van der Waals surface area contributed by atoms with E-state index in [2.05, 4.69) is 26.8 Å². The van der Waals surface area contributed by atoms with Crippen molar-refractivity contribution >= 4 is 33.7 Å². The van der Waals surface area contributed by atoms with Crippen LogP contribution in [0.1, 0.15) is 17.5 Å². The van der Waals surface area contributed by atoms with Crippen molar-refractivity contribution in [3.8, 4) is 5.75 Å². The molecule has 1 aliphatic heterocycles. The number of halogens is 1. The number of likely N-dealkylation sites (tertiary alicyclic amines) is 1. The van der Waals surface area contributed by atoms with Gasteiger partial charge >= 0.3 is 0 Å². The number of carbonyl (C=O) groups is 3. The third-order valence-corrected chi connectivity index (χ3v) is 5.19. The third kappa shape index (κ3) is 5.80. The lowest BCUT2D eigenvalue weighted by molar-refractivity contribution is -0.132. The van der Waals surface area contributed by atoms with Crippen LogP contribution >= 0.6 is 15.9 Å². The van der Waals surface area contributed by atoms with Crippen molar-refractivity contribution in [1.82, 2.24) is 15.8 Å². The zero-order valence-corrected chi connectivity index (χ0v) is 17.6. The van der Waals surface area contributed by atoms with Crippen LogP contribution in [0.2, 0.25) is 0 Å². The monoisotopic (exact) mass is 459 g/mol. The second kappa shape index (κ2) is 9.56. The van der Waals surface area contributed by atoms with E-state index in [0.29, 0.717) is 18.8 Å². The Bertz CT molecular complexity index is 904. The van der Waals surface area contributed by atoms with Gasteiger partial charge in [0.25, 0.3) is 5.91 Å². The molecule has 2 aromatic carbocycles. The molecule has 0 saturated carbocycles. The average Bonchev–Trinajstić information content (AvgIpc) is 3.06. The number of rotatable bonds is 6. The molecule has 1 heterocycles. The molecule has 152 valence electrons. The summed E-state index contributed by atoms with van der Waals surface area (Å²) in [7, 11) is 0. The van der Waals surface area contributed by atoms with Gasteiger partial charge in [0, 0.05) is 19.5 Å². The summed E-state index contributed by atoms with van der Waals surface area (Å²) < 4.78 is 6.19. The zero-order chi connectivity index (χ0) is 20.8. The summed E-state index contributed by atoms with van der Waals surface area (Å²) in [5.74, 6) is -0.920. The van der Waals surface area contributed by atoms with E-state index in [0.717, 1.165) is 15.6 Å². The Labute approximate surface area is 177 Å². The summed E-state index contributed by atoms with van der Waals surface area (Å²) in [6, 6.07) is 15.1. The standard InChI is InChI=1S/C21H22BrN3O4/c1-14-7-8-18(17(22)9-14)29-13-19(26)23-24-21(28)16-10-20(27)25(12-16)11-15-5-3-2-4-6-15/h2-9,16H,10-13H2,1H3,(H,23,26)(H,24,28). The van der Waals surface area contributed by atoms with Crippen molar-refractivity contribution in [2.45, 2.75) is 19.9 Å². The molecule has 1 fully saturated rings. The Balaban J connectivity index is 1.43. The van der Waals surface area contributed by atoms with Gasteiger partial charge in [-0.1, -0.05) is 36.4 Å². The molecule has 0 radical (unpaired) electrons. The third-order valence-electron chi connectivity index (χ3n) is 4.57. The van der Waals surface area contributed by atoms with Gasteiger partial charge in [-0.2, -0.15) is 0 Å². The maximum atomic E-state index is 12.3. The maximum Gasteiger partial charge on any atom is 0.276 e. The summed E-state index contributed by atoms with van der Waals surface area (Å²) in [5, 5.41) is 0. The van der Waals surface area contributed by atoms with Crippen LogP contribution in [0.4, 0.5) is 0 Å². The fourth-order valence-corrected chi connectivity index (χ4v) is 3.65. The molecule has 2 N–H and O–H groups in total. The normalized spacial score (nSPS) is 15.9. The van der Waals surface area contributed by atoms with Crippen LogP contribution in [-0.4, -0.2) is 35.8 Å². The number of aryl methyl sites for hydroxylation is 1. The molecular formula is C21H22BrN3O4. The van der Waals surface area contributed by atoms with Crippen LogP contribution in [-0.2, 0) is 20.9 Å². The van der Waals surface area contributed by atoms with Gasteiger partial charge in [-0.3, -0.25) is 25.2 Å². The van der Waals surface area contributed by atoms with Gasteiger partial charge in [-0.15, -0.1) is 0 Å². The summed E-state index contributed by atoms with van der Waals surface area (Å²) >= 11 is 3.38. The van der Waals surface area contributed by atoms with Gasteiger partial charge < -0.3 is 9.64 Å². The summed E-state index contributed by atoms with van der Waals surface area (Å²) in [6.07, 6.45) is 0.126. The molecule has 8 heteroatoms. The van der Waals surface area contributed by atoms with Crippen molar-refractivity contribution in [2.24, 2.45) is 5.92 Å². The predicted octanol–water partition coefficient (Wildman–Crippen LogP) is 2.33. The van der Waals surface area contributed by atoms with Crippen LogP contribution in [0.15, 0.2) is 53.0 Å². The van der Waals surface area contributed by atoms with Gasteiger partial charge in [0.05, 0.1) is 10.4 Å². The molecule has 1 unspecified atom stereocenters. The fourth-order valence-electron chi connectivity index (χ4n) is 3.04. The second-order valence-electron chi connectivity index (χ2n) is 6.92. The van der Waals surface area contributed by atoms with Gasteiger partial charge in [0.2, 0.25) is 11.8 Å². The summed E-state index contributed by atoms with van der Waals surface area (Å²) in [5.41, 5.74) is 6.78. The van der Waals surface area contributed by atoms with E-state index in [1.165, 1.54) is 0 Å². The molecule has 1 saturated heterocycles. The summed E-state index contributed by atoms with van der Waals surface area (Å²) in [4.78, 5) is 38.1. The molecule has 0 spiro atoms. The molecule has 2 aromatic rings. The highest BCUT2D eigenvalue weighted by atomic mass is 79.9. The molecule has 1 aliphatic rings. The van der Waals surface area contributed by atoms with E-state index in [4.69, 9.17) is 4.74 Å². The highest BCUT2D eigenvalue weighted by Crippen LogP contribution is 2.25. The fraction of sp³-hybridized carbons (Fsp3) is 0.286. The molecule has 0 bridgehead atoms. The lowest BCUT2D eigenvalue weighted by atomic mass is 10.1. The number of nitrogens with zero attached hydrogens (tertiary/aromatic N) is 1. The lowest BCUT2D eigenvalue weighted by Gasteiger charge is -2.17. The van der Waals surface area contributed by atoms with Gasteiger partial charge in [0.15, 0.2) is 6.61 Å². The minimum atomic E-state index is -0.501. The number of benzene rings is 2. The van der Waals surface area contributed by atoms with Crippen molar-refractivity contribution in [2.75, 3.05) is 13.2 Å². The van der Waals surface area contributed by atoms with Gasteiger partial charge in [-0.25, -0.2) is 0 Å². The number of amides is 3. The first-order valence-corrected chi connectivity index (χ1v) is 10.0. The molecule has 3 amide bonds. The van der Waals surface area contributed by atoms with Gasteiger partial charge in [-0.05, 0) is 46.1 Å². The molecule has 1 atom stereocenters. The van der Waals surface area contributed by atoms with Crippen LogP contribution in [0.3, 0.4) is 0 Å². The maximum absolute atomic E-state index is 12.3. The number of hydrogen-bond donors (Lipinski definition) is 2. The zero-order valence-electron chi connectivity index (χ0n) is 16.0. The molecular weight excluding hydrogens is 438 g/mol. The number of carbonyl (C=O) groups excluding carboxylic acids is 3. The van der Waals surface area contributed by atoms with Crippen molar-refractivity contribution in [3.63, 3.8) is 0 Å². The molecule has 7 nitrogen and oxygen atoms in total. The number of hydrogen-bond acceptors (Lipinski definition) is 4. The van der Waals surface area contributed by atoms with Crippen LogP contribution in [0, 0.1) is 12.8 Å². The highest BCUT2D eigenvalue weighted by molar-refractivity contribution is 9.10. The van der Waals surface area contributed by atoms with E-state index in [1.54, 1.807) is 11.0 Å². The first kappa shape index (κ1) is 20.9. The Kier molecular flexibility index (Phi) is 6.87. The van der Waals surface area contributed by atoms with E-state index >= 15 is 0 Å². The van der Waals surface area contributed by atoms with Crippen LogP contribution in [0.25, 0.3) is 0 Å². The predicted molar refractivity (Wildman–Crippen MR) is 111 cm³/mol. The van der Waals surface area contributed by atoms with Gasteiger partial charge in [0.1, 0.15) is 5.75 Å². The van der Waals surface area contributed by atoms with Crippen molar-refractivity contribution in [1.29, 1.82) is 0 Å². The van der Waals surface area contributed by atoms with E-state index in [1.807, 2.05) is 49.4 Å². The first-order valence-electron chi connectivity index (χ1n) is 9.21. The minimum Gasteiger partial charge on any atom is -0.483 e. The number of nitrogens with one attached hydrogen (secondary N) is 2. The van der Waals surface area contributed by atoms with E-state index in [9.17, 15) is 14.4 Å². The van der Waals surface area contributed by atoms with E-state index < -0.39 is 17.7 Å². The smallest absolute Gasteiger partial charge is 0.276 e. The molecule has 0 aliphatic carbocycles. The largest absolute Gasteiger partial charge is 0.483 e. The SMILES string of the molecule is Cc1ccc(OCC(=O)NNC(=O)C2CC(=O)N(Cc3ccccc3)C2)c(Br)c1. The lowest BCUT2D eigenvalue weighted by Crippen LogP contribution is -2.46. The average molecular weight is 460 g/mol. The van der Waals surface area contributed by atoms with Crippen LogP contribution in [0.5, 0.6) is 5.75 Å². The quantitative estimate of drug-likeness (QED) is 0.648. The Hall–Kier alpha value is -2.87. The van der Waals surface area contributed by atoms with Crippen molar-refractivity contribution in [3.05, 3.63) is 64.1 Å².